The van der Waals surface area contributed by atoms with Crippen LogP contribution in [0.5, 0.6) is 11.5 Å². The lowest BCUT2D eigenvalue weighted by atomic mass is 10.0. The Kier molecular flexibility index (Phi) is 7.77. The molecule has 0 aliphatic carbocycles. The minimum atomic E-state index is -0.0157. The lowest BCUT2D eigenvalue weighted by molar-refractivity contribution is -0.115. The van der Waals surface area contributed by atoms with E-state index in [9.17, 15) is 4.79 Å². The Balaban J connectivity index is 1.49. The van der Waals surface area contributed by atoms with Gasteiger partial charge in [0.1, 0.15) is 11.5 Å². The van der Waals surface area contributed by atoms with Crippen LogP contribution in [0.3, 0.4) is 0 Å². The summed E-state index contributed by atoms with van der Waals surface area (Å²) >= 11 is 1.53. The molecule has 180 valence electrons. The van der Waals surface area contributed by atoms with Crippen molar-refractivity contribution in [2.24, 2.45) is 0 Å². The van der Waals surface area contributed by atoms with Gasteiger partial charge in [0.25, 0.3) is 0 Å². The van der Waals surface area contributed by atoms with Gasteiger partial charge in [0, 0.05) is 29.0 Å². The van der Waals surface area contributed by atoms with Gasteiger partial charge in [-0.2, -0.15) is 0 Å². The highest BCUT2D eigenvalue weighted by Crippen LogP contribution is 2.34. The van der Waals surface area contributed by atoms with Crippen molar-refractivity contribution in [3.63, 3.8) is 0 Å². The Morgan fingerprint density at radius 1 is 0.886 bits per heavy atom. The van der Waals surface area contributed by atoms with Crippen molar-refractivity contribution in [2.75, 3.05) is 25.3 Å². The molecule has 0 spiro atoms. The highest BCUT2D eigenvalue weighted by atomic mass is 32.2. The number of ether oxygens (including phenoxy) is 2. The lowest BCUT2D eigenvalue weighted by Gasteiger charge is -2.07. The van der Waals surface area contributed by atoms with E-state index in [-0.39, 0.29) is 5.91 Å². The fourth-order valence-electron chi connectivity index (χ4n) is 3.63. The molecule has 6 nitrogen and oxygen atoms in total. The fourth-order valence-corrected chi connectivity index (χ4v) is 4.44. The summed E-state index contributed by atoms with van der Waals surface area (Å²) in [5.41, 5.74) is 6.93. The van der Waals surface area contributed by atoms with E-state index < -0.39 is 0 Å². The predicted octanol–water partition coefficient (Wildman–Crippen LogP) is 6.50. The first-order chi connectivity index (χ1) is 17.0. The first-order valence-electron chi connectivity index (χ1n) is 11.4. The predicted molar refractivity (Wildman–Crippen MR) is 142 cm³/mol. The minimum absolute atomic E-state index is 0.0157. The molecular formula is C28H29N3O3S. The molecule has 0 radical (unpaired) electrons. The number of methoxy groups -OCH3 is 2. The molecule has 1 amide bonds. The van der Waals surface area contributed by atoms with Gasteiger partial charge in [-0.25, -0.2) is 4.98 Å². The Labute approximate surface area is 210 Å². The molecule has 0 saturated heterocycles. The number of anilines is 1. The molecule has 35 heavy (non-hydrogen) atoms. The third-order valence-electron chi connectivity index (χ3n) is 5.78. The van der Waals surface area contributed by atoms with Crippen molar-refractivity contribution >= 4 is 23.4 Å². The number of benzene rings is 3. The monoisotopic (exact) mass is 487 g/mol. The second kappa shape index (κ2) is 11.1. The molecule has 0 saturated carbocycles. The van der Waals surface area contributed by atoms with Gasteiger partial charge in [-0.3, -0.25) is 4.79 Å². The van der Waals surface area contributed by atoms with Crippen molar-refractivity contribution in [1.29, 1.82) is 0 Å². The molecule has 4 rings (SSSR count). The highest BCUT2D eigenvalue weighted by Gasteiger charge is 2.15. The maximum absolute atomic E-state index is 12.5. The van der Waals surface area contributed by atoms with Crippen LogP contribution in [-0.2, 0) is 4.79 Å². The summed E-state index contributed by atoms with van der Waals surface area (Å²) in [7, 11) is 3.30. The van der Waals surface area contributed by atoms with Gasteiger partial charge in [0.2, 0.25) is 5.91 Å². The van der Waals surface area contributed by atoms with Crippen molar-refractivity contribution < 1.29 is 14.3 Å². The number of thioether (sulfide) groups is 1. The number of amides is 1. The van der Waals surface area contributed by atoms with Gasteiger partial charge in [0.15, 0.2) is 5.16 Å². The number of aromatic nitrogens is 2. The number of nitrogens with zero attached hydrogens (tertiary/aromatic N) is 1. The third kappa shape index (κ3) is 6.05. The largest absolute Gasteiger partial charge is 0.497 e. The topological polar surface area (TPSA) is 76.2 Å². The number of imidazole rings is 1. The van der Waals surface area contributed by atoms with Gasteiger partial charge in [0.05, 0.1) is 25.6 Å². The molecule has 7 heteroatoms. The Morgan fingerprint density at radius 2 is 1.51 bits per heavy atom. The zero-order chi connectivity index (χ0) is 24.8. The molecule has 0 unspecified atom stereocenters. The van der Waals surface area contributed by atoms with E-state index >= 15 is 0 Å². The maximum Gasteiger partial charge on any atom is 0.225 e. The Bertz CT molecular complexity index is 1230. The van der Waals surface area contributed by atoms with E-state index in [2.05, 4.69) is 17.2 Å². The van der Waals surface area contributed by atoms with Crippen LogP contribution in [0, 0.1) is 13.8 Å². The molecule has 4 aromatic rings. The normalized spacial score (nSPS) is 10.7. The third-order valence-corrected chi connectivity index (χ3v) is 6.66. The van der Waals surface area contributed by atoms with Crippen LogP contribution in [0.25, 0.3) is 22.5 Å². The summed E-state index contributed by atoms with van der Waals surface area (Å²) in [4.78, 5) is 20.8. The summed E-state index contributed by atoms with van der Waals surface area (Å²) in [6.07, 6.45) is 0.383. The zero-order valence-corrected chi connectivity index (χ0v) is 21.2. The lowest BCUT2D eigenvalue weighted by Crippen LogP contribution is -2.12. The van der Waals surface area contributed by atoms with Gasteiger partial charge < -0.3 is 19.8 Å². The van der Waals surface area contributed by atoms with Gasteiger partial charge in [-0.15, -0.1) is 0 Å². The van der Waals surface area contributed by atoms with Crippen LogP contribution in [0.15, 0.2) is 71.9 Å². The Hall–Kier alpha value is -3.71. The average Bonchev–Trinajstić information content (AvgIpc) is 3.30. The van der Waals surface area contributed by atoms with E-state index in [1.165, 1.54) is 17.3 Å². The molecular weight excluding hydrogens is 458 g/mol. The zero-order valence-electron chi connectivity index (χ0n) is 20.3. The number of carbonyl (C=O) groups is 1. The van der Waals surface area contributed by atoms with Gasteiger partial charge in [-0.1, -0.05) is 17.8 Å². The Morgan fingerprint density at radius 3 is 2.11 bits per heavy atom. The summed E-state index contributed by atoms with van der Waals surface area (Å²) in [5.74, 6) is 2.18. The summed E-state index contributed by atoms with van der Waals surface area (Å²) < 4.78 is 10.6. The first-order valence-corrected chi connectivity index (χ1v) is 12.3. The maximum atomic E-state index is 12.5. The number of carbonyl (C=O) groups excluding carboxylic acids is 1. The number of rotatable bonds is 9. The number of nitrogens with one attached hydrogen (secondary N) is 2. The van der Waals surface area contributed by atoms with E-state index in [1.807, 2.05) is 73.7 Å². The smallest absolute Gasteiger partial charge is 0.225 e. The summed E-state index contributed by atoms with van der Waals surface area (Å²) in [5, 5.41) is 3.74. The molecule has 3 aromatic carbocycles. The molecule has 0 fully saturated rings. The molecule has 1 aromatic heterocycles. The number of aromatic amines is 1. The van der Waals surface area contributed by atoms with Crippen molar-refractivity contribution in [1.82, 2.24) is 9.97 Å². The van der Waals surface area contributed by atoms with Crippen molar-refractivity contribution in [3.8, 4) is 34.0 Å². The molecule has 2 N–H and O–H groups in total. The van der Waals surface area contributed by atoms with Gasteiger partial charge >= 0.3 is 0 Å². The van der Waals surface area contributed by atoms with Gasteiger partial charge in [-0.05, 0) is 85.6 Å². The van der Waals surface area contributed by atoms with E-state index in [0.29, 0.717) is 12.2 Å². The SMILES string of the molecule is COc1ccc(-c2nc(SCCC(=O)Nc3ccc(C)c(C)c3)[nH]c2-c2ccc(OC)cc2)cc1. The van der Waals surface area contributed by atoms with Crippen LogP contribution >= 0.6 is 11.8 Å². The second-order valence-electron chi connectivity index (χ2n) is 8.17. The number of hydrogen-bond donors (Lipinski definition) is 2. The molecule has 0 aliphatic rings. The van der Waals surface area contributed by atoms with Crippen LogP contribution in [0.1, 0.15) is 17.5 Å². The quantitative estimate of drug-likeness (QED) is 0.264. The standard InChI is InChI=1S/C28H29N3O3S/c1-18-5-10-22(17-19(18)2)29-25(32)15-16-35-28-30-26(20-6-11-23(33-3)12-7-20)27(31-28)21-8-13-24(34-4)14-9-21/h5-14,17H,15-16H2,1-4H3,(H,29,32)(H,30,31). The van der Waals surface area contributed by atoms with Crippen LogP contribution in [-0.4, -0.2) is 35.8 Å². The first kappa shape index (κ1) is 24.4. The van der Waals surface area contributed by atoms with E-state index in [0.717, 1.165) is 50.4 Å². The van der Waals surface area contributed by atoms with Crippen molar-refractivity contribution in [2.45, 2.75) is 25.4 Å². The van der Waals surface area contributed by atoms with Crippen molar-refractivity contribution in [3.05, 3.63) is 77.9 Å². The minimum Gasteiger partial charge on any atom is -0.497 e. The number of H-pyrrole nitrogens is 1. The summed E-state index contributed by atoms with van der Waals surface area (Å²) in [6.45, 7) is 4.10. The fraction of sp³-hybridized carbons (Fsp3) is 0.214. The summed E-state index contributed by atoms with van der Waals surface area (Å²) in [6, 6.07) is 21.6. The number of hydrogen-bond acceptors (Lipinski definition) is 5. The van der Waals surface area contributed by atoms with Crippen LogP contribution in [0.4, 0.5) is 5.69 Å². The number of aryl methyl sites for hydroxylation is 2. The molecule has 1 heterocycles. The van der Waals surface area contributed by atoms with E-state index in [4.69, 9.17) is 14.5 Å². The highest BCUT2D eigenvalue weighted by molar-refractivity contribution is 7.99. The average molecular weight is 488 g/mol. The van der Waals surface area contributed by atoms with Crippen LogP contribution < -0.4 is 14.8 Å². The molecule has 0 aliphatic heterocycles. The van der Waals surface area contributed by atoms with E-state index in [1.54, 1.807) is 14.2 Å². The van der Waals surface area contributed by atoms with Crippen LogP contribution in [0.2, 0.25) is 0 Å². The second-order valence-corrected chi connectivity index (χ2v) is 9.25. The molecule has 0 bridgehead atoms. The molecule has 0 atom stereocenters.